The maximum absolute atomic E-state index is 12.5. The van der Waals surface area contributed by atoms with Crippen molar-refractivity contribution < 1.29 is 4.79 Å². The van der Waals surface area contributed by atoms with Crippen molar-refractivity contribution in [3.63, 3.8) is 0 Å². The summed E-state index contributed by atoms with van der Waals surface area (Å²) in [6.07, 6.45) is 6.12. The Bertz CT molecular complexity index is 514. The van der Waals surface area contributed by atoms with Crippen molar-refractivity contribution in [3.8, 4) is 6.07 Å². The molecule has 1 aliphatic carbocycles. The first-order valence-corrected chi connectivity index (χ1v) is 6.79. The summed E-state index contributed by atoms with van der Waals surface area (Å²) >= 11 is 0. The minimum Gasteiger partial charge on any atom is -0.298 e. The first kappa shape index (κ1) is 13.7. The maximum atomic E-state index is 12.5. The Morgan fingerprint density at radius 1 is 1.53 bits per heavy atom. The quantitative estimate of drug-likeness (QED) is 0.831. The van der Waals surface area contributed by atoms with Crippen LogP contribution in [0.25, 0.3) is 0 Å². The summed E-state index contributed by atoms with van der Waals surface area (Å²) < 4.78 is 0. The molecule has 0 spiro atoms. The number of nitriles is 1. The lowest BCUT2D eigenvalue weighted by molar-refractivity contribution is -0.129. The lowest BCUT2D eigenvalue weighted by Gasteiger charge is -2.23. The van der Waals surface area contributed by atoms with Gasteiger partial charge in [0, 0.05) is 24.2 Å². The monoisotopic (exact) mass is 257 g/mol. The lowest BCUT2D eigenvalue weighted by atomic mass is 9.76. The van der Waals surface area contributed by atoms with E-state index in [0.29, 0.717) is 12.2 Å². The van der Waals surface area contributed by atoms with Gasteiger partial charge in [-0.05, 0) is 32.8 Å². The molecule has 1 heterocycles. The van der Waals surface area contributed by atoms with Crippen LogP contribution in [-0.2, 0) is 11.2 Å². The second-order valence-electron chi connectivity index (χ2n) is 5.56. The predicted molar refractivity (Wildman–Crippen MR) is 71.2 cm³/mol. The number of hydrogen-bond donors (Lipinski definition) is 0. The second-order valence-corrected chi connectivity index (χ2v) is 5.56. The van der Waals surface area contributed by atoms with E-state index in [0.717, 1.165) is 31.4 Å². The molecule has 0 saturated heterocycles. The molecule has 1 aliphatic rings. The highest BCUT2D eigenvalue weighted by Crippen LogP contribution is 2.34. The van der Waals surface area contributed by atoms with Crippen molar-refractivity contribution >= 4 is 5.78 Å². The molecular formula is C15H19N3O. The topological polar surface area (TPSA) is 66.6 Å². The second kappa shape index (κ2) is 5.48. The van der Waals surface area contributed by atoms with Gasteiger partial charge in [0.25, 0.3) is 0 Å². The number of nitrogens with zero attached hydrogens (tertiary/aromatic N) is 3. The van der Waals surface area contributed by atoms with Crippen LogP contribution >= 0.6 is 0 Å². The molecule has 1 fully saturated rings. The maximum Gasteiger partial charge on any atom is 0.156 e. The zero-order valence-electron chi connectivity index (χ0n) is 11.5. The summed E-state index contributed by atoms with van der Waals surface area (Å²) in [6.45, 7) is 3.55. The number of rotatable bonds is 4. The molecule has 4 heteroatoms. The highest BCUT2D eigenvalue weighted by atomic mass is 16.1. The first-order chi connectivity index (χ1) is 9.05. The van der Waals surface area contributed by atoms with Crippen LogP contribution < -0.4 is 0 Å². The van der Waals surface area contributed by atoms with Gasteiger partial charge in [0.15, 0.2) is 5.78 Å². The third-order valence-corrected chi connectivity index (χ3v) is 3.88. The molecule has 0 N–H and O–H groups in total. The molecule has 1 atom stereocenters. The number of carbonyl (C=O) groups excluding carboxylic acids is 1. The van der Waals surface area contributed by atoms with E-state index in [2.05, 4.69) is 16.0 Å². The van der Waals surface area contributed by atoms with Gasteiger partial charge in [0.1, 0.15) is 11.2 Å². The van der Waals surface area contributed by atoms with Gasteiger partial charge in [-0.15, -0.1) is 0 Å². The highest BCUT2D eigenvalue weighted by Gasteiger charge is 2.39. The van der Waals surface area contributed by atoms with Gasteiger partial charge in [0.2, 0.25) is 0 Å². The van der Waals surface area contributed by atoms with Crippen LogP contribution in [0.15, 0.2) is 12.3 Å². The summed E-state index contributed by atoms with van der Waals surface area (Å²) in [5.41, 5.74) is -0.196. The van der Waals surface area contributed by atoms with E-state index in [1.165, 1.54) is 0 Å². The first-order valence-electron chi connectivity index (χ1n) is 6.79. The highest BCUT2D eigenvalue weighted by molar-refractivity contribution is 5.89. The average molecular weight is 257 g/mol. The summed E-state index contributed by atoms with van der Waals surface area (Å²) in [7, 11) is 0. The van der Waals surface area contributed by atoms with Gasteiger partial charge in [-0.1, -0.05) is 12.8 Å². The normalized spacial score (nSPS) is 18.8. The Morgan fingerprint density at radius 2 is 2.21 bits per heavy atom. The molecule has 1 saturated carbocycles. The number of Topliss-reactive ketones (excluding diaryl/α,β-unsaturated/α-hetero) is 1. The van der Waals surface area contributed by atoms with Gasteiger partial charge in [-0.25, -0.2) is 9.97 Å². The minimum absolute atomic E-state index is 0.0626. The van der Waals surface area contributed by atoms with E-state index in [1.54, 1.807) is 19.2 Å². The summed E-state index contributed by atoms with van der Waals surface area (Å²) in [5, 5.41) is 9.43. The molecule has 1 unspecified atom stereocenters. The molecule has 0 bridgehead atoms. The van der Waals surface area contributed by atoms with E-state index in [4.69, 9.17) is 0 Å². The fourth-order valence-electron chi connectivity index (χ4n) is 2.79. The third kappa shape index (κ3) is 2.98. The third-order valence-electron chi connectivity index (χ3n) is 3.88. The Balaban J connectivity index is 2.18. The molecule has 0 amide bonds. The summed E-state index contributed by atoms with van der Waals surface area (Å²) in [6, 6.07) is 4.00. The van der Waals surface area contributed by atoms with Crippen LogP contribution in [0.3, 0.4) is 0 Å². The molecule has 0 radical (unpaired) electrons. The van der Waals surface area contributed by atoms with Gasteiger partial charge in [-0.2, -0.15) is 5.26 Å². The lowest BCUT2D eigenvalue weighted by Crippen LogP contribution is -2.33. The molecule has 0 aliphatic heterocycles. The van der Waals surface area contributed by atoms with E-state index < -0.39 is 5.41 Å². The molecule has 2 rings (SSSR count). The largest absolute Gasteiger partial charge is 0.298 e. The number of carbonyl (C=O) groups is 1. The van der Waals surface area contributed by atoms with Crippen LogP contribution in [-0.4, -0.2) is 15.8 Å². The fourth-order valence-corrected chi connectivity index (χ4v) is 2.79. The number of hydrogen-bond acceptors (Lipinski definition) is 4. The average Bonchev–Trinajstić information content (AvgIpc) is 2.91. The van der Waals surface area contributed by atoms with Gasteiger partial charge < -0.3 is 0 Å². The van der Waals surface area contributed by atoms with E-state index in [-0.39, 0.29) is 11.7 Å². The number of aromatic nitrogens is 2. The standard InChI is InChI=1S/C15H19N3O/c1-11-17-8-7-13(18-11)9-15(2,10-16)14(19)12-5-3-4-6-12/h7-8,12H,3-6,9H2,1-2H3. The Labute approximate surface area is 113 Å². The SMILES string of the molecule is Cc1nccc(CC(C)(C#N)C(=O)C2CCCC2)n1. The van der Waals surface area contributed by atoms with E-state index >= 15 is 0 Å². The Morgan fingerprint density at radius 3 is 2.79 bits per heavy atom. The van der Waals surface area contributed by atoms with Crippen molar-refractivity contribution in [2.24, 2.45) is 11.3 Å². The van der Waals surface area contributed by atoms with Crippen LogP contribution in [0.4, 0.5) is 0 Å². The smallest absolute Gasteiger partial charge is 0.156 e. The van der Waals surface area contributed by atoms with Crippen molar-refractivity contribution in [3.05, 3.63) is 23.8 Å². The number of aryl methyl sites for hydroxylation is 1. The molecule has 4 nitrogen and oxygen atoms in total. The van der Waals surface area contributed by atoms with Crippen LogP contribution in [0.2, 0.25) is 0 Å². The molecule has 19 heavy (non-hydrogen) atoms. The fraction of sp³-hybridized carbons (Fsp3) is 0.600. The zero-order valence-corrected chi connectivity index (χ0v) is 11.5. The number of ketones is 1. The van der Waals surface area contributed by atoms with E-state index in [1.807, 2.05) is 6.92 Å². The molecule has 1 aromatic heterocycles. The van der Waals surface area contributed by atoms with Gasteiger partial charge in [0.05, 0.1) is 6.07 Å². The van der Waals surface area contributed by atoms with Crippen LogP contribution in [0.1, 0.15) is 44.1 Å². The van der Waals surface area contributed by atoms with Crippen LogP contribution in [0, 0.1) is 29.6 Å². The Kier molecular flexibility index (Phi) is 3.94. The zero-order chi connectivity index (χ0) is 13.9. The van der Waals surface area contributed by atoms with E-state index in [9.17, 15) is 10.1 Å². The van der Waals surface area contributed by atoms with Gasteiger partial charge >= 0.3 is 0 Å². The molecule has 1 aromatic rings. The minimum atomic E-state index is -0.962. The predicted octanol–water partition coefficient (Wildman–Crippen LogP) is 2.62. The van der Waals surface area contributed by atoms with Crippen LogP contribution in [0.5, 0.6) is 0 Å². The van der Waals surface area contributed by atoms with Crippen molar-refractivity contribution in [1.29, 1.82) is 5.26 Å². The molecule has 0 aromatic carbocycles. The molecular weight excluding hydrogens is 238 g/mol. The van der Waals surface area contributed by atoms with Crippen molar-refractivity contribution in [1.82, 2.24) is 9.97 Å². The van der Waals surface area contributed by atoms with Crippen molar-refractivity contribution in [2.75, 3.05) is 0 Å². The summed E-state index contributed by atoms with van der Waals surface area (Å²) in [4.78, 5) is 20.9. The molecule has 100 valence electrons. The summed E-state index contributed by atoms with van der Waals surface area (Å²) in [5.74, 6) is 0.822. The van der Waals surface area contributed by atoms with Gasteiger partial charge in [-0.3, -0.25) is 4.79 Å². The van der Waals surface area contributed by atoms with Crippen molar-refractivity contribution in [2.45, 2.75) is 46.0 Å². The Hall–Kier alpha value is -1.76.